The highest BCUT2D eigenvalue weighted by Crippen LogP contribution is 2.42. The quantitative estimate of drug-likeness (QED) is 0.522. The molecule has 88 valence electrons. The van der Waals surface area contributed by atoms with Crippen molar-refractivity contribution in [3.63, 3.8) is 0 Å². The second kappa shape index (κ2) is 7.50. The van der Waals surface area contributed by atoms with Crippen molar-refractivity contribution >= 4 is 15.6 Å². The Kier molecular flexibility index (Phi) is 8.92. The first-order valence-electron chi connectivity index (χ1n) is 3.52. The zero-order valence-corrected chi connectivity index (χ0v) is 9.52. The van der Waals surface area contributed by atoms with Crippen LogP contribution in [0.3, 0.4) is 0 Å². The fourth-order valence-electron chi connectivity index (χ4n) is 0.364. The van der Waals surface area contributed by atoms with Gasteiger partial charge >= 0.3 is 15.6 Å². The predicted molar refractivity (Wildman–Crippen MR) is 47.3 cm³/mol. The van der Waals surface area contributed by atoms with E-state index in [0.717, 1.165) is 0 Å². The van der Waals surface area contributed by atoms with Gasteiger partial charge in [-0.25, -0.2) is 9.13 Å². The van der Waals surface area contributed by atoms with Crippen molar-refractivity contribution in [1.82, 2.24) is 0 Å². The van der Waals surface area contributed by atoms with E-state index in [4.69, 9.17) is 24.1 Å². The monoisotopic (exact) mass is 252 g/mol. The minimum Gasteiger partial charge on any atom is -0.303 e. The lowest BCUT2D eigenvalue weighted by molar-refractivity contribution is 0.161. The fourth-order valence-corrected chi connectivity index (χ4v) is 1.09. The molecule has 0 saturated heterocycles. The van der Waals surface area contributed by atoms with Crippen molar-refractivity contribution in [2.75, 3.05) is 13.2 Å². The number of phosphoric acid groups is 2. The lowest BCUT2D eigenvalue weighted by Gasteiger charge is -2.07. The smallest absolute Gasteiger partial charge is 0.303 e. The van der Waals surface area contributed by atoms with Crippen LogP contribution in [0.5, 0.6) is 0 Å². The average molecular weight is 252 g/mol. The molecule has 0 amide bonds. The predicted octanol–water partition coefficient (Wildman–Crippen LogP) is 0.231. The van der Waals surface area contributed by atoms with Gasteiger partial charge in [-0.3, -0.25) is 9.05 Å². The van der Waals surface area contributed by atoms with E-state index in [0.29, 0.717) is 0 Å². The normalized spacial score (nSPS) is 11.9. The van der Waals surface area contributed by atoms with Crippen LogP contribution in [0, 0.1) is 0 Å². The zero-order valence-electron chi connectivity index (χ0n) is 7.73. The van der Waals surface area contributed by atoms with Crippen LogP contribution in [0.1, 0.15) is 13.8 Å². The van der Waals surface area contributed by atoms with Crippen molar-refractivity contribution in [3.05, 3.63) is 0 Å². The molecule has 0 unspecified atom stereocenters. The van der Waals surface area contributed by atoms with Crippen molar-refractivity contribution in [1.29, 1.82) is 0 Å². The average Bonchev–Trinajstić information content (AvgIpc) is 1.81. The van der Waals surface area contributed by atoms with Gasteiger partial charge in [0.15, 0.2) is 0 Å². The maximum absolute atomic E-state index is 10.5. The van der Waals surface area contributed by atoms with Crippen LogP contribution in [0.4, 0.5) is 0 Å². The Morgan fingerprint density at radius 2 is 1.14 bits per heavy atom. The molecule has 0 aromatic carbocycles. The molecule has 0 aliphatic carbocycles. The van der Waals surface area contributed by atoms with Gasteiger partial charge in [-0.1, -0.05) is 0 Å². The molecule has 0 fully saturated rings. The summed E-state index contributed by atoms with van der Waals surface area (Å²) < 4.78 is 28.1. The molecular formula is C4H14O8P2. The first-order chi connectivity index (χ1) is 6.12. The molecule has 0 heterocycles. The molecule has 8 nitrogen and oxygen atoms in total. The summed E-state index contributed by atoms with van der Waals surface area (Å²) in [5.41, 5.74) is 0. The molecule has 0 saturated carbocycles. The molecule has 14 heavy (non-hydrogen) atoms. The molecule has 0 spiro atoms. The number of hydrogen-bond acceptors (Lipinski definition) is 4. The third kappa shape index (κ3) is 22.8. The van der Waals surface area contributed by atoms with E-state index in [1.807, 2.05) is 0 Å². The van der Waals surface area contributed by atoms with Crippen LogP contribution in [0.15, 0.2) is 0 Å². The van der Waals surface area contributed by atoms with Gasteiger partial charge in [0.25, 0.3) is 0 Å². The highest BCUT2D eigenvalue weighted by molar-refractivity contribution is 7.47. The van der Waals surface area contributed by atoms with Crippen molar-refractivity contribution < 1.29 is 37.8 Å². The Labute approximate surface area is 81.3 Å². The van der Waals surface area contributed by atoms with Gasteiger partial charge < -0.3 is 19.6 Å². The standard InChI is InChI=1S/C4H11O4P.H3O4P/c1-3-7-9(5,6)8-4-2;1-5(2,3)4/h3-4H2,1-2H3,(H,5,6);(H3,1,2,3,4). The molecule has 0 aliphatic heterocycles. The first-order valence-corrected chi connectivity index (χ1v) is 6.58. The van der Waals surface area contributed by atoms with Gasteiger partial charge in [0.2, 0.25) is 0 Å². The summed E-state index contributed by atoms with van der Waals surface area (Å²) in [5.74, 6) is 0. The Hall–Kier alpha value is 0.220. The molecule has 0 rings (SSSR count). The van der Waals surface area contributed by atoms with Crippen LogP contribution in [-0.4, -0.2) is 32.8 Å². The van der Waals surface area contributed by atoms with Crippen LogP contribution >= 0.6 is 15.6 Å². The molecule has 0 radical (unpaired) electrons. The van der Waals surface area contributed by atoms with E-state index in [2.05, 4.69) is 9.05 Å². The fraction of sp³-hybridized carbons (Fsp3) is 1.00. The lowest BCUT2D eigenvalue weighted by atomic mass is 10.9. The summed E-state index contributed by atoms with van der Waals surface area (Å²) in [7, 11) is -8.33. The summed E-state index contributed by atoms with van der Waals surface area (Å²) in [6.07, 6.45) is 0. The molecule has 0 aromatic heterocycles. The van der Waals surface area contributed by atoms with E-state index in [1.165, 1.54) is 0 Å². The van der Waals surface area contributed by atoms with Gasteiger partial charge in [0.05, 0.1) is 13.2 Å². The molecule has 0 aliphatic rings. The molecule has 0 atom stereocenters. The highest BCUT2D eigenvalue weighted by Gasteiger charge is 2.17. The van der Waals surface area contributed by atoms with Crippen molar-refractivity contribution in [2.24, 2.45) is 0 Å². The van der Waals surface area contributed by atoms with Crippen LogP contribution in [0.2, 0.25) is 0 Å². The van der Waals surface area contributed by atoms with Gasteiger partial charge in [-0.15, -0.1) is 0 Å². The molecule has 10 heteroatoms. The highest BCUT2D eigenvalue weighted by atomic mass is 31.2. The lowest BCUT2D eigenvalue weighted by Crippen LogP contribution is -1.93. The largest absolute Gasteiger partial charge is 0.472 e. The summed E-state index contributed by atoms with van der Waals surface area (Å²) in [4.78, 5) is 30.2. The minimum absolute atomic E-state index is 0.188. The number of phosphoric ester groups is 1. The second-order valence-corrected chi connectivity index (χ2v) is 4.30. The molecule has 0 aromatic rings. The number of hydrogen-bond donors (Lipinski definition) is 4. The first kappa shape index (κ1) is 16.6. The minimum atomic E-state index is -4.64. The van der Waals surface area contributed by atoms with Crippen LogP contribution in [-0.2, 0) is 18.2 Å². The Balaban J connectivity index is 0. The van der Waals surface area contributed by atoms with Crippen LogP contribution < -0.4 is 0 Å². The Morgan fingerprint density at radius 3 is 1.29 bits per heavy atom. The van der Waals surface area contributed by atoms with Gasteiger partial charge in [-0.2, -0.15) is 0 Å². The molecule has 4 N–H and O–H groups in total. The molecular weight excluding hydrogens is 238 g/mol. The molecule has 0 bridgehead atoms. The SMILES string of the molecule is CCOP(=O)(O)OCC.O=P(O)(O)O. The van der Waals surface area contributed by atoms with E-state index < -0.39 is 15.6 Å². The second-order valence-electron chi connectivity index (χ2n) is 1.82. The Bertz CT molecular complexity index is 203. The topological polar surface area (TPSA) is 134 Å². The van der Waals surface area contributed by atoms with Gasteiger partial charge in [0.1, 0.15) is 0 Å². The number of rotatable bonds is 4. The third-order valence-corrected chi connectivity index (χ3v) is 1.75. The summed E-state index contributed by atoms with van der Waals surface area (Å²) >= 11 is 0. The maximum Gasteiger partial charge on any atom is 0.472 e. The summed E-state index contributed by atoms with van der Waals surface area (Å²) in [6, 6.07) is 0. The third-order valence-electron chi connectivity index (χ3n) is 0.584. The van der Waals surface area contributed by atoms with E-state index >= 15 is 0 Å². The van der Waals surface area contributed by atoms with Crippen molar-refractivity contribution in [3.8, 4) is 0 Å². The van der Waals surface area contributed by atoms with E-state index in [9.17, 15) is 4.57 Å². The van der Waals surface area contributed by atoms with Crippen LogP contribution in [0.25, 0.3) is 0 Å². The summed E-state index contributed by atoms with van der Waals surface area (Å²) in [6.45, 7) is 3.63. The Morgan fingerprint density at radius 1 is 0.929 bits per heavy atom. The van der Waals surface area contributed by atoms with E-state index in [1.54, 1.807) is 13.8 Å². The van der Waals surface area contributed by atoms with Gasteiger partial charge in [-0.05, 0) is 13.8 Å². The van der Waals surface area contributed by atoms with E-state index in [-0.39, 0.29) is 13.2 Å². The van der Waals surface area contributed by atoms with Gasteiger partial charge in [0, 0.05) is 0 Å². The summed E-state index contributed by atoms with van der Waals surface area (Å²) in [5, 5.41) is 0. The zero-order chi connectivity index (χ0) is 11.8. The maximum atomic E-state index is 10.5. The van der Waals surface area contributed by atoms with Crippen molar-refractivity contribution in [2.45, 2.75) is 13.8 Å².